The van der Waals surface area contributed by atoms with E-state index >= 15 is 0 Å². The largest absolute Gasteiger partial charge is 0.493 e. The molecule has 0 saturated carbocycles. The first-order valence-corrected chi connectivity index (χ1v) is 8.56. The molecule has 5 nitrogen and oxygen atoms in total. The van der Waals surface area contributed by atoms with Crippen molar-refractivity contribution in [1.82, 2.24) is 0 Å². The summed E-state index contributed by atoms with van der Waals surface area (Å²) in [5.41, 5.74) is -0.875. The minimum atomic E-state index is -1.29. The van der Waals surface area contributed by atoms with Crippen LogP contribution in [0.5, 0.6) is 5.75 Å². The Morgan fingerprint density at radius 3 is 2.50 bits per heavy atom. The van der Waals surface area contributed by atoms with Crippen molar-refractivity contribution in [2.24, 2.45) is 0 Å². The molecule has 2 aromatic rings. The Kier molecular flexibility index (Phi) is 6.85. The molecule has 0 bridgehead atoms. The van der Waals surface area contributed by atoms with E-state index in [-0.39, 0.29) is 5.56 Å². The van der Waals surface area contributed by atoms with Crippen LogP contribution in [-0.4, -0.2) is 17.7 Å². The molecule has 1 aromatic heterocycles. The molecule has 0 aliphatic rings. The summed E-state index contributed by atoms with van der Waals surface area (Å²) in [6.07, 6.45) is 8.52. The predicted octanol–water partition coefficient (Wildman–Crippen LogP) is 4.62. The maximum atomic E-state index is 11.6. The first-order chi connectivity index (χ1) is 11.6. The van der Waals surface area contributed by atoms with Gasteiger partial charge in [-0.05, 0) is 24.6 Å². The van der Waals surface area contributed by atoms with Gasteiger partial charge in [-0.25, -0.2) is 9.59 Å². The van der Waals surface area contributed by atoms with Gasteiger partial charge in [0.15, 0.2) is 0 Å². The summed E-state index contributed by atoms with van der Waals surface area (Å²) >= 11 is 0. The van der Waals surface area contributed by atoms with Gasteiger partial charge in [0.2, 0.25) is 0 Å². The Morgan fingerprint density at radius 2 is 1.79 bits per heavy atom. The van der Waals surface area contributed by atoms with Crippen molar-refractivity contribution in [2.75, 3.05) is 6.61 Å². The number of carboxylic acids is 1. The molecule has 130 valence electrons. The number of ether oxygens (including phenoxy) is 1. The summed E-state index contributed by atoms with van der Waals surface area (Å²) in [6, 6.07) is 6.41. The molecule has 5 heteroatoms. The Bertz CT molecular complexity index is 732. The first-order valence-electron chi connectivity index (χ1n) is 8.56. The van der Waals surface area contributed by atoms with Crippen molar-refractivity contribution in [3.05, 3.63) is 40.2 Å². The summed E-state index contributed by atoms with van der Waals surface area (Å²) in [7, 11) is 0. The Morgan fingerprint density at radius 1 is 1.08 bits per heavy atom. The fourth-order valence-corrected chi connectivity index (χ4v) is 2.58. The molecule has 0 saturated heterocycles. The van der Waals surface area contributed by atoms with Gasteiger partial charge in [-0.2, -0.15) is 0 Å². The zero-order valence-corrected chi connectivity index (χ0v) is 14.0. The van der Waals surface area contributed by atoms with Gasteiger partial charge in [0.25, 0.3) is 0 Å². The number of aromatic carboxylic acids is 1. The van der Waals surface area contributed by atoms with Crippen LogP contribution in [0.25, 0.3) is 11.0 Å². The third kappa shape index (κ3) is 5.11. The lowest BCUT2D eigenvalue weighted by atomic mass is 10.1. The van der Waals surface area contributed by atoms with Gasteiger partial charge in [-0.1, -0.05) is 45.4 Å². The predicted molar refractivity (Wildman–Crippen MR) is 92.9 cm³/mol. The van der Waals surface area contributed by atoms with Gasteiger partial charge in [0.05, 0.1) is 6.61 Å². The molecule has 2 rings (SSSR count). The van der Waals surface area contributed by atoms with Crippen LogP contribution >= 0.6 is 0 Å². The van der Waals surface area contributed by atoms with Crippen LogP contribution in [0.1, 0.15) is 62.2 Å². The summed E-state index contributed by atoms with van der Waals surface area (Å²) < 4.78 is 10.7. The molecule has 0 fully saturated rings. The summed E-state index contributed by atoms with van der Waals surface area (Å²) in [5.74, 6) is -0.662. The molecule has 0 atom stereocenters. The zero-order chi connectivity index (χ0) is 17.4. The fraction of sp³-hybridized carbons (Fsp3) is 0.474. The van der Waals surface area contributed by atoms with Crippen LogP contribution in [0, 0.1) is 0 Å². The van der Waals surface area contributed by atoms with Crippen LogP contribution in [0.4, 0.5) is 0 Å². The first kappa shape index (κ1) is 18.0. The number of carbonyl (C=O) groups is 1. The number of rotatable bonds is 10. The van der Waals surface area contributed by atoms with Crippen LogP contribution < -0.4 is 10.4 Å². The van der Waals surface area contributed by atoms with E-state index in [4.69, 9.17) is 14.3 Å². The van der Waals surface area contributed by atoms with Gasteiger partial charge in [0.1, 0.15) is 16.9 Å². The van der Waals surface area contributed by atoms with Crippen molar-refractivity contribution >= 4 is 16.9 Å². The number of unbranched alkanes of at least 4 members (excludes halogenated alkanes) is 6. The quantitative estimate of drug-likeness (QED) is 0.507. The highest BCUT2D eigenvalue weighted by Crippen LogP contribution is 2.21. The van der Waals surface area contributed by atoms with Gasteiger partial charge in [0, 0.05) is 11.5 Å². The van der Waals surface area contributed by atoms with Gasteiger partial charge in [-0.3, -0.25) is 0 Å². The molecule has 1 heterocycles. The molecule has 0 unspecified atom stereocenters. The van der Waals surface area contributed by atoms with E-state index in [1.807, 2.05) is 0 Å². The highest BCUT2D eigenvalue weighted by Gasteiger charge is 2.12. The molecule has 0 radical (unpaired) electrons. The van der Waals surface area contributed by atoms with Crippen LogP contribution in [0.15, 0.2) is 33.5 Å². The van der Waals surface area contributed by atoms with E-state index in [1.165, 1.54) is 38.2 Å². The monoisotopic (exact) mass is 332 g/mol. The van der Waals surface area contributed by atoms with E-state index in [2.05, 4.69) is 6.92 Å². The number of carboxylic acid groups (broad SMARTS) is 1. The lowest BCUT2D eigenvalue weighted by Crippen LogP contribution is -2.12. The van der Waals surface area contributed by atoms with E-state index in [0.29, 0.717) is 23.3 Å². The van der Waals surface area contributed by atoms with E-state index in [9.17, 15) is 9.59 Å². The maximum Gasteiger partial charge on any atom is 0.351 e. The second kappa shape index (κ2) is 9.11. The SMILES string of the molecule is CCCCCCCCCOc1ccc2cc(C(=O)O)c(=O)oc2c1. The van der Waals surface area contributed by atoms with Gasteiger partial charge in [-0.15, -0.1) is 0 Å². The van der Waals surface area contributed by atoms with Crippen molar-refractivity contribution in [2.45, 2.75) is 51.9 Å². The van der Waals surface area contributed by atoms with Gasteiger partial charge < -0.3 is 14.3 Å². The summed E-state index contributed by atoms with van der Waals surface area (Å²) in [4.78, 5) is 22.5. The van der Waals surface area contributed by atoms with Crippen LogP contribution in [-0.2, 0) is 0 Å². The molecular weight excluding hydrogens is 308 g/mol. The highest BCUT2D eigenvalue weighted by molar-refractivity contribution is 5.91. The van der Waals surface area contributed by atoms with Crippen LogP contribution in [0.3, 0.4) is 0 Å². The Hall–Kier alpha value is -2.30. The third-order valence-corrected chi connectivity index (χ3v) is 3.95. The molecule has 1 aromatic carbocycles. The van der Waals surface area contributed by atoms with Crippen molar-refractivity contribution in [1.29, 1.82) is 0 Å². The highest BCUT2D eigenvalue weighted by atomic mass is 16.5. The minimum absolute atomic E-state index is 0.335. The topological polar surface area (TPSA) is 76.7 Å². The molecule has 0 aliphatic carbocycles. The number of fused-ring (bicyclic) bond motifs is 1. The summed E-state index contributed by atoms with van der Waals surface area (Å²) in [5, 5.41) is 9.49. The summed E-state index contributed by atoms with van der Waals surface area (Å²) in [6.45, 7) is 2.83. The second-order valence-corrected chi connectivity index (χ2v) is 5.92. The maximum absolute atomic E-state index is 11.6. The molecule has 1 N–H and O–H groups in total. The number of hydrogen-bond donors (Lipinski definition) is 1. The Labute approximate surface area is 141 Å². The molecular formula is C19H24O5. The zero-order valence-electron chi connectivity index (χ0n) is 14.0. The standard InChI is InChI=1S/C19H24O5/c1-2-3-4-5-6-7-8-11-23-15-10-9-14-12-16(18(20)21)19(22)24-17(14)13-15/h9-10,12-13H,2-8,11H2,1H3,(H,20,21). The average molecular weight is 332 g/mol. The molecule has 0 amide bonds. The normalized spacial score (nSPS) is 10.9. The average Bonchev–Trinajstić information content (AvgIpc) is 2.56. The van der Waals surface area contributed by atoms with E-state index < -0.39 is 11.6 Å². The fourth-order valence-electron chi connectivity index (χ4n) is 2.58. The molecule has 24 heavy (non-hydrogen) atoms. The molecule has 0 spiro atoms. The van der Waals surface area contributed by atoms with Gasteiger partial charge >= 0.3 is 11.6 Å². The van der Waals surface area contributed by atoms with E-state index in [0.717, 1.165) is 12.8 Å². The van der Waals surface area contributed by atoms with E-state index in [1.54, 1.807) is 18.2 Å². The Balaban J connectivity index is 1.86. The van der Waals surface area contributed by atoms with Crippen molar-refractivity contribution < 1.29 is 19.1 Å². The van der Waals surface area contributed by atoms with Crippen molar-refractivity contribution in [3.63, 3.8) is 0 Å². The smallest absolute Gasteiger partial charge is 0.351 e. The van der Waals surface area contributed by atoms with Crippen molar-refractivity contribution in [3.8, 4) is 5.75 Å². The lowest BCUT2D eigenvalue weighted by Gasteiger charge is -2.07. The lowest BCUT2D eigenvalue weighted by molar-refractivity contribution is 0.0692. The number of hydrogen-bond acceptors (Lipinski definition) is 4. The third-order valence-electron chi connectivity index (χ3n) is 3.95. The minimum Gasteiger partial charge on any atom is -0.493 e. The number of benzene rings is 1. The molecule has 0 aliphatic heterocycles. The second-order valence-electron chi connectivity index (χ2n) is 5.92. The van der Waals surface area contributed by atoms with Crippen LogP contribution in [0.2, 0.25) is 0 Å².